The normalized spacial score (nSPS) is 13.0. The quantitative estimate of drug-likeness (QED) is 0.501. The van der Waals surface area contributed by atoms with Crippen LogP contribution in [-0.4, -0.2) is 43.4 Å². The second kappa shape index (κ2) is 8.89. The molecular weight excluding hydrogens is 296 g/mol. The Labute approximate surface area is 136 Å². The first-order valence-corrected chi connectivity index (χ1v) is 7.71. The minimum Gasteiger partial charge on any atom is -0.366 e. The van der Waals surface area contributed by atoms with Gasteiger partial charge in [0.15, 0.2) is 12.6 Å². The summed E-state index contributed by atoms with van der Waals surface area (Å²) in [5.41, 5.74) is 6.14. The summed E-state index contributed by atoms with van der Waals surface area (Å²) in [7, 11) is 0. The van der Waals surface area contributed by atoms with Crippen LogP contribution in [0.3, 0.4) is 0 Å². The number of likely N-dealkylation sites (N-methyl/N-ethyl adjacent to an activating group) is 2. The lowest BCUT2D eigenvalue weighted by molar-refractivity contribution is -0.904. The largest absolute Gasteiger partial charge is 0.366 e. The van der Waals surface area contributed by atoms with E-state index in [0.717, 1.165) is 4.90 Å². The number of primary amides is 1. The zero-order chi connectivity index (χ0) is 17.4. The van der Waals surface area contributed by atoms with E-state index in [1.165, 1.54) is 0 Å². The smallest absolute Gasteiger partial charge is 0.282 e. The van der Waals surface area contributed by atoms with Crippen molar-refractivity contribution in [2.24, 2.45) is 5.73 Å². The highest BCUT2D eigenvalue weighted by Crippen LogP contribution is 2.09. The van der Waals surface area contributed by atoms with E-state index in [0.29, 0.717) is 24.3 Å². The van der Waals surface area contributed by atoms with Gasteiger partial charge in [-0.25, -0.2) is 0 Å². The lowest BCUT2D eigenvalue weighted by Crippen LogP contribution is -3.17. The van der Waals surface area contributed by atoms with Crippen LogP contribution in [0.1, 0.15) is 31.1 Å². The number of carbonyl (C=O) groups is 3. The van der Waals surface area contributed by atoms with E-state index in [9.17, 15) is 14.4 Å². The highest BCUT2D eigenvalue weighted by Gasteiger charge is 2.25. The van der Waals surface area contributed by atoms with Crippen molar-refractivity contribution in [1.29, 1.82) is 0 Å². The summed E-state index contributed by atoms with van der Waals surface area (Å²) in [6.07, 6.45) is 0. The van der Waals surface area contributed by atoms with Crippen molar-refractivity contribution in [3.8, 4) is 0 Å². The van der Waals surface area contributed by atoms with Crippen LogP contribution >= 0.6 is 0 Å². The second-order valence-corrected chi connectivity index (χ2v) is 5.29. The average molecular weight is 321 g/mol. The van der Waals surface area contributed by atoms with Crippen LogP contribution in [0.15, 0.2) is 24.3 Å². The van der Waals surface area contributed by atoms with E-state index in [1.54, 1.807) is 31.2 Å². The molecule has 1 aromatic rings. The SMILES string of the molecule is CCNC(=O)C[NH+](CC)[C@@H](C)C(=O)Nc1ccc(C(N)=O)cc1. The van der Waals surface area contributed by atoms with Gasteiger partial charge in [0.2, 0.25) is 5.91 Å². The molecule has 0 heterocycles. The molecule has 0 spiro atoms. The van der Waals surface area contributed by atoms with Crippen LogP contribution in [0.4, 0.5) is 5.69 Å². The standard InChI is InChI=1S/C16H24N4O3/c1-4-18-14(21)10-20(5-2)11(3)16(23)19-13-8-6-12(7-9-13)15(17)22/h6-9,11H,4-5,10H2,1-3H3,(H2,17,22)(H,18,21)(H,19,23)/p+1/t11-/m0/s1. The van der Waals surface area contributed by atoms with Crippen LogP contribution in [0, 0.1) is 0 Å². The molecule has 2 atom stereocenters. The van der Waals surface area contributed by atoms with Crippen molar-refractivity contribution < 1.29 is 19.3 Å². The monoisotopic (exact) mass is 321 g/mol. The summed E-state index contributed by atoms with van der Waals surface area (Å²) in [4.78, 5) is 35.9. The third-order valence-corrected chi connectivity index (χ3v) is 3.66. The van der Waals surface area contributed by atoms with E-state index in [2.05, 4.69) is 10.6 Å². The number of anilines is 1. The van der Waals surface area contributed by atoms with Crippen LogP contribution in [0.5, 0.6) is 0 Å². The molecule has 0 fully saturated rings. The molecule has 0 saturated carbocycles. The van der Waals surface area contributed by atoms with Crippen molar-refractivity contribution in [3.63, 3.8) is 0 Å². The molecule has 126 valence electrons. The maximum absolute atomic E-state index is 12.3. The highest BCUT2D eigenvalue weighted by atomic mass is 16.2. The summed E-state index contributed by atoms with van der Waals surface area (Å²) in [5.74, 6) is -0.771. The first kappa shape index (κ1) is 18.6. The molecule has 0 saturated heterocycles. The molecule has 3 amide bonds. The molecule has 0 aliphatic rings. The maximum atomic E-state index is 12.3. The summed E-state index contributed by atoms with van der Waals surface area (Å²) < 4.78 is 0. The number of rotatable bonds is 8. The fourth-order valence-corrected chi connectivity index (χ4v) is 2.20. The lowest BCUT2D eigenvalue weighted by Gasteiger charge is -2.23. The van der Waals surface area contributed by atoms with Gasteiger partial charge in [0, 0.05) is 17.8 Å². The Morgan fingerprint density at radius 1 is 1.17 bits per heavy atom. The van der Waals surface area contributed by atoms with Crippen LogP contribution in [0.2, 0.25) is 0 Å². The molecule has 0 aromatic heterocycles. The Morgan fingerprint density at radius 3 is 2.26 bits per heavy atom. The zero-order valence-corrected chi connectivity index (χ0v) is 13.8. The van der Waals surface area contributed by atoms with E-state index in [4.69, 9.17) is 5.73 Å². The number of hydrogen-bond donors (Lipinski definition) is 4. The molecular formula is C16H25N4O3+. The van der Waals surface area contributed by atoms with E-state index in [1.807, 2.05) is 13.8 Å². The van der Waals surface area contributed by atoms with Gasteiger partial charge in [0.25, 0.3) is 11.8 Å². The number of quaternary nitrogens is 1. The van der Waals surface area contributed by atoms with Crippen molar-refractivity contribution in [2.45, 2.75) is 26.8 Å². The van der Waals surface area contributed by atoms with Crippen LogP contribution in [0.25, 0.3) is 0 Å². The van der Waals surface area contributed by atoms with Gasteiger partial charge in [-0.15, -0.1) is 0 Å². The summed E-state index contributed by atoms with van der Waals surface area (Å²) in [6, 6.07) is 5.99. The highest BCUT2D eigenvalue weighted by molar-refractivity contribution is 5.96. The number of amides is 3. The Bertz CT molecular complexity index is 557. The second-order valence-electron chi connectivity index (χ2n) is 5.29. The number of hydrogen-bond acceptors (Lipinski definition) is 3. The molecule has 0 radical (unpaired) electrons. The summed E-state index contributed by atoms with van der Waals surface area (Å²) in [5, 5.41) is 5.52. The topological polar surface area (TPSA) is 106 Å². The number of benzene rings is 1. The maximum Gasteiger partial charge on any atom is 0.282 e. The van der Waals surface area contributed by atoms with Gasteiger partial charge in [0.1, 0.15) is 0 Å². The molecule has 0 bridgehead atoms. The minimum absolute atomic E-state index is 0.0742. The Kier molecular flexibility index (Phi) is 7.21. The predicted molar refractivity (Wildman–Crippen MR) is 88.1 cm³/mol. The third-order valence-electron chi connectivity index (χ3n) is 3.66. The third kappa shape index (κ3) is 5.71. The number of nitrogens with one attached hydrogen (secondary N) is 3. The summed E-state index contributed by atoms with van der Waals surface area (Å²) >= 11 is 0. The minimum atomic E-state index is -0.514. The molecule has 0 aliphatic carbocycles. The fourth-order valence-electron chi connectivity index (χ4n) is 2.20. The molecule has 0 aliphatic heterocycles. The summed E-state index contributed by atoms with van der Waals surface area (Å²) in [6.45, 7) is 7.05. The van der Waals surface area contributed by atoms with Crippen molar-refractivity contribution in [3.05, 3.63) is 29.8 Å². The van der Waals surface area contributed by atoms with E-state index in [-0.39, 0.29) is 24.4 Å². The van der Waals surface area contributed by atoms with Gasteiger partial charge in [0.05, 0.1) is 6.54 Å². The van der Waals surface area contributed by atoms with E-state index < -0.39 is 5.91 Å². The van der Waals surface area contributed by atoms with Gasteiger partial charge in [-0.05, 0) is 45.0 Å². The van der Waals surface area contributed by atoms with Gasteiger partial charge in [-0.2, -0.15) is 0 Å². The Hall–Kier alpha value is -2.41. The fraction of sp³-hybridized carbons (Fsp3) is 0.438. The molecule has 7 heteroatoms. The number of carbonyl (C=O) groups excluding carboxylic acids is 3. The molecule has 1 unspecified atom stereocenters. The van der Waals surface area contributed by atoms with Crippen molar-refractivity contribution in [1.82, 2.24) is 5.32 Å². The Morgan fingerprint density at radius 2 is 1.78 bits per heavy atom. The number of nitrogens with two attached hydrogens (primary N) is 1. The zero-order valence-electron chi connectivity index (χ0n) is 13.8. The molecule has 7 nitrogen and oxygen atoms in total. The molecule has 5 N–H and O–H groups in total. The first-order valence-electron chi connectivity index (χ1n) is 7.71. The molecule has 1 rings (SSSR count). The first-order chi connectivity index (χ1) is 10.9. The van der Waals surface area contributed by atoms with Gasteiger partial charge >= 0.3 is 0 Å². The van der Waals surface area contributed by atoms with E-state index >= 15 is 0 Å². The van der Waals surface area contributed by atoms with Crippen LogP contribution in [-0.2, 0) is 9.59 Å². The predicted octanol–water partition coefficient (Wildman–Crippen LogP) is -0.847. The van der Waals surface area contributed by atoms with Gasteiger partial charge in [-0.1, -0.05) is 0 Å². The Balaban J connectivity index is 2.67. The average Bonchev–Trinajstić information content (AvgIpc) is 2.52. The lowest BCUT2D eigenvalue weighted by atomic mass is 10.2. The van der Waals surface area contributed by atoms with Crippen molar-refractivity contribution >= 4 is 23.4 Å². The van der Waals surface area contributed by atoms with Crippen molar-refractivity contribution in [2.75, 3.05) is 25.0 Å². The molecule has 1 aromatic carbocycles. The van der Waals surface area contributed by atoms with Crippen LogP contribution < -0.4 is 21.3 Å². The molecule has 23 heavy (non-hydrogen) atoms. The van der Waals surface area contributed by atoms with Gasteiger partial charge in [-0.3, -0.25) is 14.4 Å². The van der Waals surface area contributed by atoms with Gasteiger partial charge < -0.3 is 21.3 Å².